The van der Waals surface area contributed by atoms with E-state index in [4.69, 9.17) is 4.74 Å². The summed E-state index contributed by atoms with van der Waals surface area (Å²) in [5, 5.41) is 9.79. The van der Waals surface area contributed by atoms with E-state index in [2.05, 4.69) is 29.9 Å². The molecule has 2 aromatic rings. The molecule has 0 saturated heterocycles. The molecule has 0 N–H and O–H groups in total. The number of unbranched alkanes of at least 4 members (excludes halogenated alkanes) is 4. The summed E-state index contributed by atoms with van der Waals surface area (Å²) < 4.78 is 5.66. The first kappa shape index (κ1) is 24.9. The monoisotopic (exact) mass is 447 g/mol. The standard InChI is InChI=1S/C28H37N3O2/c1-3-5-6-7-8-16-28(21-29)17-14-24(15-18-28)27(32)33-25-12-10-23(11-13-25)26-30-19-22(9-4-2)20-31-26/h10-13,19-20,24H,3-9,14-18H2,1-2H3. The van der Waals surface area contributed by atoms with Gasteiger partial charge in [-0.15, -0.1) is 0 Å². The van der Waals surface area contributed by atoms with E-state index in [0.717, 1.165) is 62.5 Å². The van der Waals surface area contributed by atoms with Crippen LogP contribution in [0.5, 0.6) is 5.75 Å². The molecule has 33 heavy (non-hydrogen) atoms. The minimum Gasteiger partial charge on any atom is -0.426 e. The lowest BCUT2D eigenvalue weighted by atomic mass is 9.69. The summed E-state index contributed by atoms with van der Waals surface area (Å²) in [6.07, 6.45) is 15.9. The molecule has 0 radical (unpaired) electrons. The zero-order valence-corrected chi connectivity index (χ0v) is 20.2. The Morgan fingerprint density at radius 2 is 1.70 bits per heavy atom. The maximum absolute atomic E-state index is 12.7. The summed E-state index contributed by atoms with van der Waals surface area (Å²) in [5.74, 6) is 0.903. The Hall–Kier alpha value is -2.74. The van der Waals surface area contributed by atoms with Crippen molar-refractivity contribution in [2.45, 2.75) is 90.9 Å². The second kappa shape index (κ2) is 12.5. The summed E-state index contributed by atoms with van der Waals surface area (Å²) in [6, 6.07) is 9.96. The van der Waals surface area contributed by atoms with Gasteiger partial charge in [0.2, 0.25) is 0 Å². The fourth-order valence-electron chi connectivity index (χ4n) is 4.68. The quantitative estimate of drug-likeness (QED) is 0.209. The highest BCUT2D eigenvalue weighted by atomic mass is 16.5. The van der Waals surface area contributed by atoms with Crippen molar-refractivity contribution in [3.05, 3.63) is 42.2 Å². The molecule has 0 unspecified atom stereocenters. The molecule has 1 aromatic heterocycles. The third-order valence-electron chi connectivity index (χ3n) is 6.85. The number of hydrogen-bond acceptors (Lipinski definition) is 5. The number of carbonyl (C=O) groups is 1. The molecule has 1 heterocycles. The van der Waals surface area contributed by atoms with Crippen LogP contribution in [0, 0.1) is 22.7 Å². The highest BCUT2D eigenvalue weighted by Crippen LogP contribution is 2.42. The SMILES string of the molecule is CCCCCCCC1(C#N)CCC(C(=O)Oc2ccc(-c3ncc(CCC)cn3)cc2)CC1. The Morgan fingerprint density at radius 1 is 1.03 bits per heavy atom. The number of carbonyl (C=O) groups excluding carboxylic acids is 1. The number of nitrogens with zero attached hydrogens (tertiary/aromatic N) is 3. The number of rotatable bonds is 11. The molecule has 1 aliphatic carbocycles. The van der Waals surface area contributed by atoms with Gasteiger partial charge >= 0.3 is 5.97 Å². The first-order valence-electron chi connectivity index (χ1n) is 12.6. The van der Waals surface area contributed by atoms with Crippen LogP contribution in [0.4, 0.5) is 0 Å². The van der Waals surface area contributed by atoms with Gasteiger partial charge in [0.15, 0.2) is 5.82 Å². The van der Waals surface area contributed by atoms with Crippen molar-refractivity contribution in [3.8, 4) is 23.2 Å². The molecular formula is C28H37N3O2. The number of aromatic nitrogens is 2. The van der Waals surface area contributed by atoms with Crippen molar-refractivity contribution in [1.29, 1.82) is 5.26 Å². The van der Waals surface area contributed by atoms with Crippen LogP contribution in [-0.2, 0) is 11.2 Å². The molecule has 5 nitrogen and oxygen atoms in total. The minimum atomic E-state index is -0.253. The van der Waals surface area contributed by atoms with E-state index in [9.17, 15) is 10.1 Å². The fraction of sp³-hybridized carbons (Fsp3) is 0.571. The molecule has 1 aliphatic rings. The highest BCUT2D eigenvalue weighted by molar-refractivity contribution is 5.75. The summed E-state index contributed by atoms with van der Waals surface area (Å²) in [5.41, 5.74) is 1.78. The second-order valence-corrected chi connectivity index (χ2v) is 9.44. The van der Waals surface area contributed by atoms with Crippen LogP contribution in [-0.4, -0.2) is 15.9 Å². The van der Waals surface area contributed by atoms with Crippen molar-refractivity contribution < 1.29 is 9.53 Å². The van der Waals surface area contributed by atoms with Gasteiger partial charge in [-0.2, -0.15) is 5.26 Å². The topological polar surface area (TPSA) is 75.9 Å². The molecule has 1 aromatic carbocycles. The van der Waals surface area contributed by atoms with E-state index >= 15 is 0 Å². The van der Waals surface area contributed by atoms with Crippen LogP contribution in [0.3, 0.4) is 0 Å². The van der Waals surface area contributed by atoms with Crippen molar-refractivity contribution in [2.24, 2.45) is 11.3 Å². The summed E-state index contributed by atoms with van der Waals surface area (Å²) >= 11 is 0. The van der Waals surface area contributed by atoms with Crippen molar-refractivity contribution in [3.63, 3.8) is 0 Å². The van der Waals surface area contributed by atoms with Crippen LogP contribution in [0.1, 0.15) is 90.0 Å². The van der Waals surface area contributed by atoms with E-state index in [-0.39, 0.29) is 17.3 Å². The Balaban J connectivity index is 1.49. The van der Waals surface area contributed by atoms with Gasteiger partial charge in [0.1, 0.15) is 5.75 Å². The smallest absolute Gasteiger partial charge is 0.314 e. The first-order valence-corrected chi connectivity index (χ1v) is 12.6. The maximum Gasteiger partial charge on any atom is 0.314 e. The van der Waals surface area contributed by atoms with Crippen LogP contribution >= 0.6 is 0 Å². The van der Waals surface area contributed by atoms with Crippen LogP contribution in [0.2, 0.25) is 0 Å². The number of nitriles is 1. The predicted octanol–water partition coefficient (Wildman–Crippen LogP) is 7.06. The second-order valence-electron chi connectivity index (χ2n) is 9.44. The zero-order chi connectivity index (χ0) is 23.5. The van der Waals surface area contributed by atoms with Crippen LogP contribution in [0.15, 0.2) is 36.7 Å². The Kier molecular flexibility index (Phi) is 9.42. The van der Waals surface area contributed by atoms with Crippen molar-refractivity contribution in [2.75, 3.05) is 0 Å². The van der Waals surface area contributed by atoms with Gasteiger partial charge in [-0.1, -0.05) is 52.4 Å². The molecule has 0 amide bonds. The summed E-state index contributed by atoms with van der Waals surface area (Å²) in [6.45, 7) is 4.35. The lowest BCUT2D eigenvalue weighted by molar-refractivity contribution is -0.140. The molecule has 1 fully saturated rings. The zero-order valence-electron chi connectivity index (χ0n) is 20.2. The number of aryl methyl sites for hydroxylation is 1. The maximum atomic E-state index is 12.7. The average Bonchev–Trinajstić information content (AvgIpc) is 2.85. The molecular weight excluding hydrogens is 410 g/mol. The van der Waals surface area contributed by atoms with E-state index in [0.29, 0.717) is 11.6 Å². The van der Waals surface area contributed by atoms with Gasteiger partial charge < -0.3 is 4.74 Å². The molecule has 0 atom stereocenters. The fourth-order valence-corrected chi connectivity index (χ4v) is 4.68. The van der Waals surface area contributed by atoms with Gasteiger partial charge in [0.05, 0.1) is 17.4 Å². The minimum absolute atomic E-state index is 0.124. The largest absolute Gasteiger partial charge is 0.426 e. The predicted molar refractivity (Wildman–Crippen MR) is 130 cm³/mol. The third kappa shape index (κ3) is 7.12. The van der Waals surface area contributed by atoms with E-state index < -0.39 is 0 Å². The average molecular weight is 448 g/mol. The number of benzene rings is 1. The normalized spacial score (nSPS) is 20.2. The number of esters is 1. The lowest BCUT2D eigenvalue weighted by Gasteiger charge is -2.34. The molecule has 0 spiro atoms. The molecule has 1 saturated carbocycles. The van der Waals surface area contributed by atoms with E-state index in [1.54, 1.807) is 12.1 Å². The molecule has 3 rings (SSSR count). The first-order chi connectivity index (χ1) is 16.1. The summed E-state index contributed by atoms with van der Waals surface area (Å²) in [7, 11) is 0. The Morgan fingerprint density at radius 3 is 2.30 bits per heavy atom. The van der Waals surface area contributed by atoms with Crippen molar-refractivity contribution in [1.82, 2.24) is 9.97 Å². The van der Waals surface area contributed by atoms with Gasteiger partial charge in [0, 0.05) is 18.0 Å². The van der Waals surface area contributed by atoms with E-state index in [1.165, 1.54) is 25.7 Å². The van der Waals surface area contributed by atoms with Crippen LogP contribution < -0.4 is 4.74 Å². The van der Waals surface area contributed by atoms with Gasteiger partial charge in [-0.3, -0.25) is 4.79 Å². The molecule has 176 valence electrons. The summed E-state index contributed by atoms with van der Waals surface area (Å²) in [4.78, 5) is 21.6. The number of hydrogen-bond donors (Lipinski definition) is 0. The Bertz CT molecular complexity index is 908. The molecule has 0 bridgehead atoms. The highest BCUT2D eigenvalue weighted by Gasteiger charge is 2.37. The third-order valence-corrected chi connectivity index (χ3v) is 6.85. The van der Waals surface area contributed by atoms with Crippen molar-refractivity contribution >= 4 is 5.97 Å². The Labute approximate surface area is 198 Å². The lowest BCUT2D eigenvalue weighted by Crippen LogP contribution is -2.31. The van der Waals surface area contributed by atoms with E-state index in [1.807, 2.05) is 24.5 Å². The molecule has 5 heteroatoms. The number of ether oxygens (including phenoxy) is 1. The van der Waals surface area contributed by atoms with Crippen LogP contribution in [0.25, 0.3) is 11.4 Å². The van der Waals surface area contributed by atoms with Gasteiger partial charge in [-0.25, -0.2) is 9.97 Å². The van der Waals surface area contributed by atoms with Gasteiger partial charge in [-0.05, 0) is 68.4 Å². The molecule has 0 aliphatic heterocycles. The van der Waals surface area contributed by atoms with Gasteiger partial charge in [0.25, 0.3) is 0 Å².